The number of aliphatic hydroxyl groups is 1. The van der Waals surface area contributed by atoms with Crippen LogP contribution in [0.25, 0.3) is 0 Å². The van der Waals surface area contributed by atoms with Crippen molar-refractivity contribution in [3.63, 3.8) is 0 Å². The predicted molar refractivity (Wildman–Crippen MR) is 99.5 cm³/mol. The number of para-hydroxylation sites is 1. The third-order valence-corrected chi connectivity index (χ3v) is 9.08. The number of benzene rings is 2. The number of nitriles is 1. The van der Waals surface area contributed by atoms with Crippen LogP contribution in [0, 0.1) is 11.3 Å². The van der Waals surface area contributed by atoms with Gasteiger partial charge in [-0.1, -0.05) is 51.1 Å². The van der Waals surface area contributed by atoms with Gasteiger partial charge < -0.3 is 9.53 Å². The quantitative estimate of drug-likeness (QED) is 0.795. The van der Waals surface area contributed by atoms with Gasteiger partial charge >= 0.3 is 0 Å². The largest absolute Gasteiger partial charge is 0.543 e. The zero-order valence-corrected chi connectivity index (χ0v) is 16.0. The molecule has 2 aromatic carbocycles. The molecular formula is C20H25NO2Si. The van der Waals surface area contributed by atoms with Crippen molar-refractivity contribution in [2.45, 2.75) is 45.0 Å². The lowest BCUT2D eigenvalue weighted by atomic mass is 10.00. The molecule has 2 rings (SSSR count). The van der Waals surface area contributed by atoms with E-state index in [0.717, 1.165) is 16.9 Å². The van der Waals surface area contributed by atoms with Crippen molar-refractivity contribution in [3.05, 3.63) is 65.2 Å². The van der Waals surface area contributed by atoms with Crippen LogP contribution in [-0.2, 0) is 0 Å². The molecule has 2 aromatic rings. The minimum absolute atomic E-state index is 0.0828. The smallest absolute Gasteiger partial charge is 0.250 e. The molecule has 0 aromatic heterocycles. The molecule has 0 spiro atoms. The Bertz CT molecular complexity index is 739. The van der Waals surface area contributed by atoms with E-state index in [0.29, 0.717) is 5.56 Å². The fourth-order valence-electron chi connectivity index (χ4n) is 2.15. The van der Waals surface area contributed by atoms with E-state index in [1.165, 1.54) is 0 Å². The van der Waals surface area contributed by atoms with Gasteiger partial charge in [-0.2, -0.15) is 5.26 Å². The van der Waals surface area contributed by atoms with E-state index < -0.39 is 14.4 Å². The van der Waals surface area contributed by atoms with Gasteiger partial charge in [0.25, 0.3) is 0 Å². The minimum atomic E-state index is -1.99. The Morgan fingerprint density at radius 1 is 1.04 bits per heavy atom. The van der Waals surface area contributed by atoms with Crippen LogP contribution in [-0.4, -0.2) is 13.4 Å². The van der Waals surface area contributed by atoms with Gasteiger partial charge in [-0.3, -0.25) is 0 Å². The first kappa shape index (κ1) is 18.2. The molecule has 126 valence electrons. The van der Waals surface area contributed by atoms with Crippen LogP contribution in [0.4, 0.5) is 0 Å². The van der Waals surface area contributed by atoms with Crippen LogP contribution in [0.15, 0.2) is 48.5 Å². The van der Waals surface area contributed by atoms with E-state index in [-0.39, 0.29) is 5.04 Å². The summed E-state index contributed by atoms with van der Waals surface area (Å²) in [7, 11) is -1.99. The van der Waals surface area contributed by atoms with E-state index in [1.807, 2.05) is 24.3 Å². The molecule has 1 N–H and O–H groups in total. The third kappa shape index (κ3) is 3.87. The summed E-state index contributed by atoms with van der Waals surface area (Å²) in [5.41, 5.74) is 2.09. The van der Waals surface area contributed by atoms with Crippen LogP contribution in [0.1, 0.15) is 43.6 Å². The summed E-state index contributed by atoms with van der Waals surface area (Å²) in [6, 6.07) is 16.7. The Morgan fingerprint density at radius 3 is 2.17 bits per heavy atom. The molecular weight excluding hydrogens is 314 g/mol. The summed E-state index contributed by atoms with van der Waals surface area (Å²) in [6.07, 6.45) is -0.779. The molecule has 0 fully saturated rings. The van der Waals surface area contributed by atoms with Crippen LogP contribution in [0.3, 0.4) is 0 Å². The topological polar surface area (TPSA) is 53.2 Å². The summed E-state index contributed by atoms with van der Waals surface area (Å²) in [6.45, 7) is 11.0. The van der Waals surface area contributed by atoms with Crippen molar-refractivity contribution in [2.24, 2.45) is 0 Å². The van der Waals surface area contributed by atoms with Gasteiger partial charge in [0.15, 0.2) is 0 Å². The van der Waals surface area contributed by atoms with Crippen molar-refractivity contribution in [1.29, 1.82) is 5.26 Å². The minimum Gasteiger partial charge on any atom is -0.543 e. The Labute approximate surface area is 145 Å². The summed E-state index contributed by atoms with van der Waals surface area (Å²) < 4.78 is 6.41. The van der Waals surface area contributed by atoms with E-state index in [2.05, 4.69) is 39.9 Å². The third-order valence-electron chi connectivity index (χ3n) is 4.74. The van der Waals surface area contributed by atoms with Crippen LogP contribution in [0.2, 0.25) is 18.1 Å². The summed E-state index contributed by atoms with van der Waals surface area (Å²) in [5.74, 6) is 0.737. The molecule has 0 bridgehead atoms. The molecule has 0 saturated carbocycles. The highest BCUT2D eigenvalue weighted by molar-refractivity contribution is 6.74. The number of hydrogen-bond donors (Lipinski definition) is 1. The normalized spacial score (nSPS) is 13.2. The Hall–Kier alpha value is -2.09. The van der Waals surface area contributed by atoms with Crippen LogP contribution < -0.4 is 4.43 Å². The number of nitrogens with zero attached hydrogens (tertiary/aromatic N) is 1. The highest BCUT2D eigenvalue weighted by Gasteiger charge is 2.39. The molecule has 0 amide bonds. The molecule has 3 nitrogen and oxygen atoms in total. The number of hydrogen-bond acceptors (Lipinski definition) is 3. The van der Waals surface area contributed by atoms with E-state index in [9.17, 15) is 5.11 Å². The summed E-state index contributed by atoms with van der Waals surface area (Å²) in [5, 5.41) is 19.8. The summed E-state index contributed by atoms with van der Waals surface area (Å²) >= 11 is 0. The van der Waals surface area contributed by atoms with E-state index in [1.54, 1.807) is 24.3 Å². The number of aliphatic hydroxyl groups excluding tert-OH is 1. The highest BCUT2D eigenvalue weighted by atomic mass is 28.4. The van der Waals surface area contributed by atoms with Crippen molar-refractivity contribution in [3.8, 4) is 11.8 Å². The van der Waals surface area contributed by atoms with Gasteiger partial charge in [-0.25, -0.2) is 0 Å². The number of rotatable bonds is 4. The molecule has 0 heterocycles. The maximum atomic E-state index is 10.8. The zero-order valence-electron chi connectivity index (χ0n) is 15.0. The second kappa shape index (κ2) is 6.80. The van der Waals surface area contributed by atoms with Gasteiger partial charge in [0.2, 0.25) is 8.32 Å². The molecule has 4 heteroatoms. The molecule has 0 aliphatic heterocycles. The fraction of sp³-hybridized carbons (Fsp3) is 0.350. The molecule has 1 atom stereocenters. The Balaban J connectivity index is 2.36. The summed E-state index contributed by atoms with van der Waals surface area (Å²) in [4.78, 5) is 0. The van der Waals surface area contributed by atoms with Gasteiger partial charge in [0.1, 0.15) is 11.9 Å². The van der Waals surface area contributed by atoms with Gasteiger partial charge in [0.05, 0.1) is 11.6 Å². The lowest BCUT2D eigenvalue weighted by Gasteiger charge is -2.37. The van der Waals surface area contributed by atoms with Crippen molar-refractivity contribution >= 4 is 8.32 Å². The average Bonchev–Trinajstić information content (AvgIpc) is 2.53. The van der Waals surface area contributed by atoms with E-state index in [4.69, 9.17) is 9.69 Å². The van der Waals surface area contributed by atoms with Gasteiger partial charge in [0, 0.05) is 5.56 Å². The van der Waals surface area contributed by atoms with Crippen molar-refractivity contribution in [1.82, 2.24) is 0 Å². The molecule has 0 radical (unpaired) electrons. The molecule has 0 aliphatic carbocycles. The Morgan fingerprint density at radius 2 is 1.62 bits per heavy atom. The molecule has 1 unspecified atom stereocenters. The molecule has 0 saturated heterocycles. The fourth-order valence-corrected chi connectivity index (χ4v) is 3.19. The zero-order chi connectivity index (χ0) is 18.0. The monoisotopic (exact) mass is 339 g/mol. The van der Waals surface area contributed by atoms with Gasteiger partial charge in [-0.05, 0) is 41.9 Å². The Kier molecular flexibility index (Phi) is 5.17. The van der Waals surface area contributed by atoms with Crippen molar-refractivity contribution < 1.29 is 9.53 Å². The SMILES string of the molecule is CC(C)(C)[Si](C)(C)Oc1ccccc1C(O)c1ccc(C#N)cc1. The van der Waals surface area contributed by atoms with Crippen molar-refractivity contribution in [2.75, 3.05) is 0 Å². The first-order chi connectivity index (χ1) is 11.2. The predicted octanol–water partition coefficient (Wildman–Crippen LogP) is 5.02. The maximum Gasteiger partial charge on any atom is 0.250 e. The first-order valence-corrected chi connectivity index (χ1v) is 11.0. The maximum absolute atomic E-state index is 10.8. The first-order valence-electron chi connectivity index (χ1n) is 8.12. The standard InChI is InChI=1S/C20H25NO2Si/c1-20(2,3)24(4,5)23-18-9-7-6-8-17(18)19(22)16-12-10-15(14-21)11-13-16/h6-13,19,22H,1-5H3. The van der Waals surface area contributed by atoms with Crippen LogP contribution in [0.5, 0.6) is 5.75 Å². The second-order valence-electron chi connectivity index (χ2n) is 7.54. The lowest BCUT2D eigenvalue weighted by molar-refractivity contribution is 0.217. The van der Waals surface area contributed by atoms with Gasteiger partial charge in [-0.15, -0.1) is 0 Å². The highest BCUT2D eigenvalue weighted by Crippen LogP contribution is 2.39. The molecule has 0 aliphatic rings. The van der Waals surface area contributed by atoms with Crippen LogP contribution >= 0.6 is 0 Å². The van der Waals surface area contributed by atoms with E-state index >= 15 is 0 Å². The lowest BCUT2D eigenvalue weighted by Crippen LogP contribution is -2.44. The average molecular weight is 340 g/mol. The molecule has 24 heavy (non-hydrogen) atoms. The second-order valence-corrected chi connectivity index (χ2v) is 12.3.